The first-order chi connectivity index (χ1) is 25.6. The number of hydrogen-bond acceptors (Lipinski definition) is 8. The van der Waals surface area contributed by atoms with Crippen molar-refractivity contribution in [2.75, 3.05) is 24.5 Å². The fraction of sp³-hybridized carbons (Fsp3) is 0.302. The predicted molar refractivity (Wildman–Crippen MR) is 198 cm³/mol. The number of phenolic OH excluding ortho intramolecular Hbond substituents is 1. The van der Waals surface area contributed by atoms with Gasteiger partial charge in [0.05, 0.1) is 48.8 Å². The Bertz CT molecular complexity index is 2140. The van der Waals surface area contributed by atoms with Crippen LogP contribution in [-0.4, -0.2) is 48.0 Å². The summed E-state index contributed by atoms with van der Waals surface area (Å²) in [5, 5.41) is 11.9. The summed E-state index contributed by atoms with van der Waals surface area (Å²) < 4.78 is 11.8. The Morgan fingerprint density at radius 3 is 2.11 bits per heavy atom. The minimum absolute atomic E-state index is 0.101. The van der Waals surface area contributed by atoms with Crippen LogP contribution in [0.25, 0.3) is 0 Å². The van der Waals surface area contributed by atoms with E-state index in [-0.39, 0.29) is 41.9 Å². The number of imide groups is 2. The van der Waals surface area contributed by atoms with Crippen molar-refractivity contribution in [1.29, 1.82) is 0 Å². The van der Waals surface area contributed by atoms with Gasteiger partial charge in [0.1, 0.15) is 17.2 Å². The number of rotatable bonds is 8. The minimum Gasteiger partial charge on any atom is -0.508 e. The first kappa shape index (κ1) is 34.2. The smallest absolute Gasteiger partial charge is 0.260 e. The van der Waals surface area contributed by atoms with E-state index in [1.807, 2.05) is 98.8 Å². The maximum absolute atomic E-state index is 15.5. The molecule has 2 aliphatic heterocycles. The van der Waals surface area contributed by atoms with Gasteiger partial charge in [-0.2, -0.15) is 5.01 Å². The monoisotopic (exact) mass is 711 g/mol. The summed E-state index contributed by atoms with van der Waals surface area (Å²) in [7, 11) is 2.95. The van der Waals surface area contributed by atoms with Crippen LogP contribution >= 0.6 is 0 Å². The Labute approximate surface area is 308 Å². The van der Waals surface area contributed by atoms with Crippen LogP contribution in [0, 0.1) is 30.6 Å². The van der Waals surface area contributed by atoms with E-state index in [1.54, 1.807) is 0 Å². The molecule has 4 amide bonds. The van der Waals surface area contributed by atoms with Crippen LogP contribution in [0.15, 0.2) is 103 Å². The molecule has 1 saturated carbocycles. The van der Waals surface area contributed by atoms with Crippen LogP contribution in [0.1, 0.15) is 47.9 Å². The van der Waals surface area contributed by atoms with Gasteiger partial charge in [-0.1, -0.05) is 78.7 Å². The molecule has 4 aromatic carbocycles. The van der Waals surface area contributed by atoms with Gasteiger partial charge in [-0.25, -0.2) is 0 Å². The number of carbonyl (C=O) groups excluding carboxylic acids is 4. The molecular formula is C43H41N3O7. The molecule has 8 rings (SSSR count). The molecule has 0 radical (unpaired) electrons. The van der Waals surface area contributed by atoms with Crippen molar-refractivity contribution in [3.63, 3.8) is 0 Å². The average Bonchev–Trinajstić information content (AvgIpc) is 3.56. The third-order valence-electron chi connectivity index (χ3n) is 11.8. The number of ether oxygens (including phenoxy) is 2. The number of carbonyl (C=O) groups is 4. The van der Waals surface area contributed by atoms with Crippen LogP contribution in [0.4, 0.5) is 11.4 Å². The summed E-state index contributed by atoms with van der Waals surface area (Å²) in [4.78, 5) is 60.5. The zero-order valence-corrected chi connectivity index (χ0v) is 30.0. The van der Waals surface area contributed by atoms with E-state index in [0.717, 1.165) is 28.1 Å². The standard InChI is InChI=1S/C43H41N3O7/c1-5-25-13-17-28(18-14-25)45-39(48)31-20-19-30-32(36(31)41(45)50)23-33-40(49)46(44-27-15-11-24(2)12-16-27)42(51)43(33,26-9-7-6-8-10-26)38(30)37-34(52-3)21-29(47)22-35(37)53-4/h6-19,21-22,31-33,36,38,44,47H,5,20,23H2,1-4H3. The second kappa shape index (κ2) is 12.9. The zero-order valence-electron chi connectivity index (χ0n) is 30.0. The van der Waals surface area contributed by atoms with E-state index in [9.17, 15) is 19.5 Å². The van der Waals surface area contributed by atoms with Gasteiger partial charge in [0.2, 0.25) is 11.8 Å². The topological polar surface area (TPSA) is 125 Å². The molecule has 10 nitrogen and oxygen atoms in total. The highest BCUT2D eigenvalue weighted by Crippen LogP contribution is 2.66. The van der Waals surface area contributed by atoms with Crippen LogP contribution < -0.4 is 19.8 Å². The highest BCUT2D eigenvalue weighted by Gasteiger charge is 2.71. The molecule has 4 aromatic rings. The zero-order chi connectivity index (χ0) is 37.2. The number of phenols is 1. The van der Waals surface area contributed by atoms with E-state index in [2.05, 4.69) is 5.43 Å². The van der Waals surface area contributed by atoms with E-state index in [0.29, 0.717) is 22.5 Å². The van der Waals surface area contributed by atoms with Crippen molar-refractivity contribution in [2.45, 2.75) is 44.4 Å². The summed E-state index contributed by atoms with van der Waals surface area (Å²) in [6.45, 7) is 4.00. The quantitative estimate of drug-likeness (QED) is 0.158. The van der Waals surface area contributed by atoms with Crippen molar-refractivity contribution in [3.8, 4) is 17.2 Å². The Morgan fingerprint density at radius 1 is 0.830 bits per heavy atom. The van der Waals surface area contributed by atoms with Crippen molar-refractivity contribution >= 4 is 35.0 Å². The number of allylic oxidation sites excluding steroid dienone is 2. The molecule has 6 unspecified atom stereocenters. The molecule has 53 heavy (non-hydrogen) atoms. The summed E-state index contributed by atoms with van der Waals surface area (Å²) in [5.74, 6) is -4.87. The largest absolute Gasteiger partial charge is 0.508 e. The lowest BCUT2D eigenvalue weighted by Crippen LogP contribution is -2.53. The van der Waals surface area contributed by atoms with Crippen LogP contribution in [-0.2, 0) is 31.0 Å². The average molecular weight is 712 g/mol. The Hall–Kier alpha value is -5.90. The molecule has 0 spiro atoms. The van der Waals surface area contributed by atoms with E-state index < -0.39 is 46.8 Å². The molecule has 2 aliphatic carbocycles. The normalized spacial score (nSPS) is 26.2. The predicted octanol–water partition coefficient (Wildman–Crippen LogP) is 6.47. The molecule has 0 aromatic heterocycles. The number of anilines is 2. The van der Waals surface area contributed by atoms with Crippen molar-refractivity contribution in [3.05, 3.63) is 125 Å². The number of hydrazine groups is 1. The van der Waals surface area contributed by atoms with Gasteiger partial charge in [-0.05, 0) is 67.5 Å². The first-order valence-corrected chi connectivity index (χ1v) is 18.0. The second-order valence-corrected chi connectivity index (χ2v) is 14.4. The fourth-order valence-electron chi connectivity index (χ4n) is 9.41. The van der Waals surface area contributed by atoms with Crippen molar-refractivity contribution < 1.29 is 33.8 Å². The van der Waals surface area contributed by atoms with Crippen LogP contribution in [0.3, 0.4) is 0 Å². The molecule has 10 heteroatoms. The number of aromatic hydroxyl groups is 1. The number of hydrogen-bond donors (Lipinski definition) is 2. The van der Waals surface area contributed by atoms with Gasteiger partial charge < -0.3 is 14.6 Å². The third kappa shape index (κ3) is 5.06. The third-order valence-corrected chi connectivity index (χ3v) is 11.8. The lowest BCUT2D eigenvalue weighted by Gasteiger charge is -2.51. The summed E-state index contributed by atoms with van der Waals surface area (Å²) in [6, 6.07) is 27.1. The highest BCUT2D eigenvalue weighted by atomic mass is 16.5. The highest BCUT2D eigenvalue weighted by molar-refractivity contribution is 6.22. The maximum atomic E-state index is 15.5. The number of nitrogens with one attached hydrogen (secondary N) is 1. The molecule has 3 fully saturated rings. The lowest BCUT2D eigenvalue weighted by molar-refractivity contribution is -0.138. The molecule has 2 saturated heterocycles. The van der Waals surface area contributed by atoms with Gasteiger partial charge in [0.25, 0.3) is 11.8 Å². The number of methoxy groups -OCH3 is 2. The number of fused-ring (bicyclic) bond motifs is 4. The number of aryl methyl sites for hydroxylation is 2. The number of amides is 4. The first-order valence-electron chi connectivity index (χ1n) is 18.0. The molecule has 2 N–H and O–H groups in total. The number of nitrogens with zero attached hydrogens (tertiary/aromatic N) is 2. The lowest BCUT2D eigenvalue weighted by atomic mass is 9.49. The van der Waals surface area contributed by atoms with Crippen molar-refractivity contribution in [2.24, 2.45) is 23.7 Å². The van der Waals surface area contributed by atoms with Gasteiger partial charge in [0.15, 0.2) is 0 Å². The molecule has 2 heterocycles. The number of benzene rings is 4. The summed E-state index contributed by atoms with van der Waals surface area (Å²) in [6.07, 6.45) is 3.24. The Kier molecular flexibility index (Phi) is 8.36. The van der Waals surface area contributed by atoms with Gasteiger partial charge in [0, 0.05) is 23.6 Å². The van der Waals surface area contributed by atoms with Crippen molar-refractivity contribution in [1.82, 2.24) is 5.01 Å². The molecule has 270 valence electrons. The molecular weight excluding hydrogens is 670 g/mol. The Balaban J connectivity index is 1.35. The summed E-state index contributed by atoms with van der Waals surface area (Å²) >= 11 is 0. The minimum atomic E-state index is -1.52. The maximum Gasteiger partial charge on any atom is 0.260 e. The SMILES string of the molecule is CCc1ccc(N2C(=O)C3CC=C4C(CC5C(=O)N(Nc6ccc(C)cc6)C(=O)C5(c5ccccc5)C4c4c(OC)cc(O)cc4OC)C3C2=O)cc1. The van der Waals surface area contributed by atoms with Crippen LogP contribution in [0.2, 0.25) is 0 Å². The van der Waals surface area contributed by atoms with Gasteiger partial charge in [-0.15, -0.1) is 0 Å². The van der Waals surface area contributed by atoms with E-state index in [1.165, 1.54) is 31.3 Å². The van der Waals surface area contributed by atoms with E-state index >= 15 is 4.79 Å². The molecule has 0 bridgehead atoms. The summed E-state index contributed by atoms with van der Waals surface area (Å²) in [5.41, 5.74) is 6.63. The van der Waals surface area contributed by atoms with E-state index in [4.69, 9.17) is 9.47 Å². The van der Waals surface area contributed by atoms with Gasteiger partial charge in [-0.3, -0.25) is 29.5 Å². The Morgan fingerprint density at radius 2 is 1.49 bits per heavy atom. The fourth-order valence-corrected chi connectivity index (χ4v) is 9.41. The molecule has 4 aliphatic rings. The van der Waals surface area contributed by atoms with Crippen LogP contribution in [0.5, 0.6) is 17.2 Å². The second-order valence-electron chi connectivity index (χ2n) is 14.4. The van der Waals surface area contributed by atoms with Gasteiger partial charge >= 0.3 is 0 Å². The molecule has 6 atom stereocenters.